The van der Waals surface area contributed by atoms with Crippen LogP contribution in [0.4, 0.5) is 16.2 Å². The van der Waals surface area contributed by atoms with Gasteiger partial charge in [-0.15, -0.1) is 6.58 Å². The lowest BCUT2D eigenvalue weighted by atomic mass is 9.93. The van der Waals surface area contributed by atoms with Gasteiger partial charge in [-0.1, -0.05) is 36.4 Å². The fourth-order valence-corrected chi connectivity index (χ4v) is 2.91. The van der Waals surface area contributed by atoms with Gasteiger partial charge in [0.05, 0.1) is 11.1 Å². The Morgan fingerprint density at radius 3 is 2.75 bits per heavy atom. The molecule has 146 valence electrons. The first-order valence-corrected chi connectivity index (χ1v) is 9.08. The largest absolute Gasteiger partial charge is 0.490 e. The van der Waals surface area contributed by atoms with Crippen LogP contribution in [0.5, 0.6) is 5.75 Å². The van der Waals surface area contributed by atoms with E-state index in [9.17, 15) is 9.59 Å². The molecule has 6 nitrogen and oxygen atoms in total. The maximum atomic E-state index is 12.8. The molecule has 1 heterocycles. The number of amides is 2. The third kappa shape index (κ3) is 4.34. The molecule has 0 saturated heterocycles. The van der Waals surface area contributed by atoms with Crippen molar-refractivity contribution in [2.45, 2.75) is 20.5 Å². The van der Waals surface area contributed by atoms with Crippen molar-refractivity contribution in [1.82, 2.24) is 0 Å². The van der Waals surface area contributed by atoms with E-state index in [0.29, 0.717) is 23.7 Å². The molecule has 0 atom stereocenters. The Morgan fingerprint density at radius 1 is 1.29 bits per heavy atom. The minimum absolute atomic E-state index is 0.0332. The van der Waals surface area contributed by atoms with Gasteiger partial charge in [0, 0.05) is 18.3 Å². The summed E-state index contributed by atoms with van der Waals surface area (Å²) in [6.07, 6.45) is 1.12. The molecule has 2 aromatic carbocycles. The maximum Gasteiger partial charge on any atom is 0.411 e. The summed E-state index contributed by atoms with van der Waals surface area (Å²) in [5, 5.41) is 2.70. The minimum Gasteiger partial charge on any atom is -0.490 e. The average molecular weight is 380 g/mol. The Hall–Kier alpha value is -3.28. The number of anilines is 2. The van der Waals surface area contributed by atoms with Gasteiger partial charge < -0.3 is 14.4 Å². The molecule has 0 saturated carbocycles. The van der Waals surface area contributed by atoms with E-state index in [1.165, 1.54) is 0 Å². The molecule has 3 rings (SSSR count). The van der Waals surface area contributed by atoms with Crippen molar-refractivity contribution >= 4 is 23.4 Å². The molecule has 0 fully saturated rings. The van der Waals surface area contributed by atoms with E-state index in [2.05, 4.69) is 11.9 Å². The summed E-state index contributed by atoms with van der Waals surface area (Å²) in [6.45, 7) is 8.23. The second kappa shape index (κ2) is 8.17. The quantitative estimate of drug-likeness (QED) is 0.782. The van der Waals surface area contributed by atoms with Gasteiger partial charge in [-0.2, -0.15) is 0 Å². The van der Waals surface area contributed by atoms with Crippen molar-refractivity contribution in [1.29, 1.82) is 0 Å². The number of nitrogens with one attached hydrogen (secondary N) is 1. The molecule has 0 radical (unpaired) electrons. The number of rotatable bonds is 5. The first kappa shape index (κ1) is 19.5. The van der Waals surface area contributed by atoms with Crippen LogP contribution >= 0.6 is 0 Å². The lowest BCUT2D eigenvalue weighted by molar-refractivity contribution is -0.127. The number of benzene rings is 2. The molecule has 1 aliphatic heterocycles. The highest BCUT2D eigenvalue weighted by Crippen LogP contribution is 2.38. The first-order valence-electron chi connectivity index (χ1n) is 9.08. The lowest BCUT2D eigenvalue weighted by Crippen LogP contribution is -2.42. The Labute approximate surface area is 164 Å². The van der Waals surface area contributed by atoms with Gasteiger partial charge in [-0.3, -0.25) is 10.1 Å². The molecule has 6 heteroatoms. The Bertz CT molecular complexity index is 877. The standard InChI is InChI=1S/C22H24N2O4/c1-4-12-24-18-11-10-17(13-19(18)28-15-22(2,3)20(24)25)23-21(26)27-14-16-8-6-5-7-9-16/h4-11,13H,1,12,14-15H2,2-3H3,(H,23,26). The van der Waals surface area contributed by atoms with Crippen LogP contribution in [0.15, 0.2) is 61.2 Å². The van der Waals surface area contributed by atoms with Gasteiger partial charge >= 0.3 is 6.09 Å². The predicted octanol–water partition coefficient (Wildman–Crippen LogP) is 4.37. The zero-order chi connectivity index (χ0) is 20.1. The van der Waals surface area contributed by atoms with Crippen molar-refractivity contribution in [2.75, 3.05) is 23.4 Å². The van der Waals surface area contributed by atoms with Crippen molar-refractivity contribution in [2.24, 2.45) is 5.41 Å². The summed E-state index contributed by atoms with van der Waals surface area (Å²) < 4.78 is 11.1. The van der Waals surface area contributed by atoms with Gasteiger partial charge in [0.15, 0.2) is 0 Å². The number of nitrogens with zero attached hydrogens (tertiary/aromatic N) is 1. The molecule has 0 aliphatic carbocycles. The molecule has 1 aliphatic rings. The summed E-state index contributed by atoms with van der Waals surface area (Å²) in [7, 11) is 0. The zero-order valence-electron chi connectivity index (χ0n) is 16.1. The summed E-state index contributed by atoms with van der Waals surface area (Å²) in [4.78, 5) is 26.5. The summed E-state index contributed by atoms with van der Waals surface area (Å²) in [5.74, 6) is 0.496. The van der Waals surface area contributed by atoms with Crippen LogP contribution < -0.4 is 15.0 Å². The highest BCUT2D eigenvalue weighted by Gasteiger charge is 2.37. The van der Waals surface area contributed by atoms with E-state index in [4.69, 9.17) is 9.47 Å². The monoisotopic (exact) mass is 380 g/mol. The molecule has 28 heavy (non-hydrogen) atoms. The van der Waals surface area contributed by atoms with Crippen molar-refractivity contribution in [3.63, 3.8) is 0 Å². The zero-order valence-corrected chi connectivity index (χ0v) is 16.1. The van der Waals surface area contributed by atoms with E-state index >= 15 is 0 Å². The van der Waals surface area contributed by atoms with Gasteiger partial charge in [-0.25, -0.2) is 4.79 Å². The smallest absolute Gasteiger partial charge is 0.411 e. The maximum absolute atomic E-state index is 12.8. The third-order valence-electron chi connectivity index (χ3n) is 4.43. The van der Waals surface area contributed by atoms with Gasteiger partial charge in [0.2, 0.25) is 5.91 Å². The van der Waals surface area contributed by atoms with E-state index in [0.717, 1.165) is 5.56 Å². The number of hydrogen-bond donors (Lipinski definition) is 1. The van der Waals surface area contributed by atoms with Crippen LogP contribution in [0.2, 0.25) is 0 Å². The van der Waals surface area contributed by atoms with E-state index < -0.39 is 11.5 Å². The number of carbonyl (C=O) groups excluding carboxylic acids is 2. The van der Waals surface area contributed by atoms with Crippen LogP contribution in [-0.2, 0) is 16.1 Å². The van der Waals surface area contributed by atoms with Crippen LogP contribution in [0.25, 0.3) is 0 Å². The predicted molar refractivity (Wildman–Crippen MR) is 109 cm³/mol. The van der Waals surface area contributed by atoms with Crippen LogP contribution in [0.3, 0.4) is 0 Å². The number of hydrogen-bond acceptors (Lipinski definition) is 4. The number of fused-ring (bicyclic) bond motifs is 1. The molecule has 1 N–H and O–H groups in total. The molecule has 2 amide bonds. The fraction of sp³-hybridized carbons (Fsp3) is 0.273. The normalized spacial score (nSPS) is 15.1. The SMILES string of the molecule is C=CCN1C(=O)C(C)(C)COc2cc(NC(=O)OCc3ccccc3)ccc21. The van der Waals surface area contributed by atoms with Crippen LogP contribution in [-0.4, -0.2) is 25.2 Å². The molecule has 2 aromatic rings. The van der Waals surface area contributed by atoms with E-state index in [-0.39, 0.29) is 19.1 Å². The fourth-order valence-electron chi connectivity index (χ4n) is 2.91. The second-order valence-electron chi connectivity index (χ2n) is 7.25. The molecular weight excluding hydrogens is 356 g/mol. The molecule has 0 unspecified atom stereocenters. The van der Waals surface area contributed by atoms with Gasteiger partial charge in [0.1, 0.15) is 19.0 Å². The van der Waals surface area contributed by atoms with Crippen LogP contribution in [0.1, 0.15) is 19.4 Å². The van der Waals surface area contributed by atoms with Crippen LogP contribution in [0, 0.1) is 5.41 Å². The summed E-state index contributed by atoms with van der Waals surface area (Å²) in [5.41, 5.74) is 1.43. The van der Waals surface area contributed by atoms with Crippen molar-refractivity contribution < 1.29 is 19.1 Å². The van der Waals surface area contributed by atoms with Gasteiger partial charge in [0.25, 0.3) is 0 Å². The number of ether oxygens (including phenoxy) is 2. The number of carbonyl (C=O) groups is 2. The second-order valence-corrected chi connectivity index (χ2v) is 7.25. The lowest BCUT2D eigenvalue weighted by Gasteiger charge is -2.27. The van der Waals surface area contributed by atoms with Gasteiger partial charge in [-0.05, 0) is 31.5 Å². The minimum atomic E-state index is -0.662. The van der Waals surface area contributed by atoms with Crippen molar-refractivity contribution in [3.8, 4) is 5.75 Å². The third-order valence-corrected chi connectivity index (χ3v) is 4.43. The Kier molecular flexibility index (Phi) is 5.68. The average Bonchev–Trinajstić information content (AvgIpc) is 2.78. The molecule has 0 aromatic heterocycles. The Morgan fingerprint density at radius 2 is 2.04 bits per heavy atom. The topological polar surface area (TPSA) is 67.9 Å². The molecular formula is C22H24N2O4. The summed E-state index contributed by atoms with van der Waals surface area (Å²) >= 11 is 0. The van der Waals surface area contributed by atoms with E-state index in [1.807, 2.05) is 44.2 Å². The molecule has 0 spiro atoms. The first-order chi connectivity index (χ1) is 13.4. The van der Waals surface area contributed by atoms with E-state index in [1.54, 1.807) is 29.2 Å². The van der Waals surface area contributed by atoms with Crippen molar-refractivity contribution in [3.05, 3.63) is 66.7 Å². The highest BCUT2D eigenvalue weighted by atomic mass is 16.5. The Balaban J connectivity index is 1.73. The summed E-state index contributed by atoms with van der Waals surface area (Å²) in [6, 6.07) is 14.6. The highest BCUT2D eigenvalue weighted by molar-refractivity contribution is 6.00. The molecule has 0 bridgehead atoms.